The lowest BCUT2D eigenvalue weighted by Crippen LogP contribution is -2.30. The first-order valence-corrected chi connectivity index (χ1v) is 9.20. The van der Waals surface area contributed by atoms with E-state index in [1.54, 1.807) is 18.9 Å². The zero-order valence-corrected chi connectivity index (χ0v) is 17.2. The lowest BCUT2D eigenvalue weighted by atomic mass is 10.1. The van der Waals surface area contributed by atoms with Gasteiger partial charge in [-0.15, -0.1) is 0 Å². The molecular formula is C21H26N4O3. The van der Waals surface area contributed by atoms with E-state index in [1.165, 1.54) is 0 Å². The van der Waals surface area contributed by atoms with E-state index >= 15 is 0 Å². The molecule has 0 aliphatic rings. The summed E-state index contributed by atoms with van der Waals surface area (Å²) in [6, 6.07) is 7.54. The molecule has 0 N–H and O–H groups in total. The van der Waals surface area contributed by atoms with Crippen LogP contribution in [0.1, 0.15) is 34.2 Å². The molecule has 7 heteroatoms. The Hall–Kier alpha value is -3.09. The molecule has 0 aliphatic carbocycles. The summed E-state index contributed by atoms with van der Waals surface area (Å²) in [6.45, 7) is 6.82. The first kappa shape index (κ1) is 19.7. The number of rotatable bonds is 6. The second kappa shape index (κ2) is 7.88. The van der Waals surface area contributed by atoms with Gasteiger partial charge in [0.15, 0.2) is 17.1 Å². The number of carbonyl (C=O) groups is 1. The minimum Gasteiger partial charge on any atom is -0.493 e. The second-order valence-corrected chi connectivity index (χ2v) is 6.73. The molecule has 0 spiro atoms. The lowest BCUT2D eigenvalue weighted by molar-refractivity contribution is 0.0754. The molecular weight excluding hydrogens is 356 g/mol. The van der Waals surface area contributed by atoms with Gasteiger partial charge in [0, 0.05) is 25.8 Å². The Bertz CT molecular complexity index is 1030. The Kier molecular flexibility index (Phi) is 5.53. The van der Waals surface area contributed by atoms with Gasteiger partial charge in [-0.1, -0.05) is 6.07 Å². The zero-order chi connectivity index (χ0) is 20.4. The number of aromatic nitrogens is 3. The number of carbonyl (C=O) groups excluding carboxylic acids is 1. The summed E-state index contributed by atoms with van der Waals surface area (Å²) in [6.07, 6.45) is 0. The third-order valence-corrected chi connectivity index (χ3v) is 4.82. The third-order valence-electron chi connectivity index (χ3n) is 4.82. The largest absolute Gasteiger partial charge is 0.493 e. The van der Waals surface area contributed by atoms with Gasteiger partial charge in [0.05, 0.1) is 30.9 Å². The number of hydrogen-bond donors (Lipinski definition) is 0. The average molecular weight is 382 g/mol. The van der Waals surface area contributed by atoms with Crippen LogP contribution in [0.3, 0.4) is 0 Å². The van der Waals surface area contributed by atoms with Crippen molar-refractivity contribution < 1.29 is 14.3 Å². The van der Waals surface area contributed by atoms with Gasteiger partial charge < -0.3 is 14.4 Å². The highest BCUT2D eigenvalue weighted by Gasteiger charge is 2.22. The van der Waals surface area contributed by atoms with Crippen LogP contribution in [0.2, 0.25) is 0 Å². The fraction of sp³-hybridized carbons (Fsp3) is 0.381. The Morgan fingerprint density at radius 2 is 1.86 bits per heavy atom. The number of hydrogen-bond acceptors (Lipinski definition) is 5. The number of ether oxygens (including phenoxy) is 2. The Labute approximate surface area is 164 Å². The van der Waals surface area contributed by atoms with E-state index in [-0.39, 0.29) is 5.91 Å². The van der Waals surface area contributed by atoms with Crippen molar-refractivity contribution in [2.45, 2.75) is 27.3 Å². The van der Waals surface area contributed by atoms with E-state index < -0.39 is 0 Å². The van der Waals surface area contributed by atoms with E-state index in [4.69, 9.17) is 9.47 Å². The van der Waals surface area contributed by atoms with Gasteiger partial charge in [-0.25, -0.2) is 4.98 Å². The summed E-state index contributed by atoms with van der Waals surface area (Å²) in [5.41, 5.74) is 3.92. The molecule has 1 amide bonds. The molecule has 0 radical (unpaired) electrons. The summed E-state index contributed by atoms with van der Waals surface area (Å²) in [4.78, 5) is 19.7. The van der Waals surface area contributed by atoms with Crippen LogP contribution in [0.5, 0.6) is 11.5 Å². The van der Waals surface area contributed by atoms with E-state index in [9.17, 15) is 4.79 Å². The molecule has 1 aromatic carbocycles. The maximum atomic E-state index is 13.4. The fourth-order valence-electron chi connectivity index (χ4n) is 3.44. The highest BCUT2D eigenvalue weighted by Crippen LogP contribution is 2.29. The van der Waals surface area contributed by atoms with Crippen molar-refractivity contribution in [1.29, 1.82) is 0 Å². The fourth-order valence-corrected chi connectivity index (χ4v) is 3.44. The maximum Gasteiger partial charge on any atom is 0.255 e. The van der Waals surface area contributed by atoms with Crippen molar-refractivity contribution in [3.05, 3.63) is 46.8 Å². The first-order valence-electron chi connectivity index (χ1n) is 9.20. The Morgan fingerprint density at radius 3 is 2.50 bits per heavy atom. The molecule has 2 heterocycles. The number of aryl methyl sites for hydroxylation is 3. The number of fused-ring (bicyclic) bond motifs is 1. The minimum atomic E-state index is -0.0381. The molecule has 0 aliphatic heterocycles. The molecule has 7 nitrogen and oxygen atoms in total. The quantitative estimate of drug-likeness (QED) is 0.654. The molecule has 0 saturated heterocycles. The summed E-state index contributed by atoms with van der Waals surface area (Å²) in [5, 5.41) is 5.25. The van der Waals surface area contributed by atoms with E-state index in [0.29, 0.717) is 30.2 Å². The molecule has 2 aromatic heterocycles. The maximum absolute atomic E-state index is 13.4. The third kappa shape index (κ3) is 3.52. The number of nitrogens with zero attached hydrogens (tertiary/aromatic N) is 4. The predicted molar refractivity (Wildman–Crippen MR) is 108 cm³/mol. The van der Waals surface area contributed by atoms with Crippen molar-refractivity contribution in [2.24, 2.45) is 7.05 Å². The summed E-state index contributed by atoms with van der Waals surface area (Å²) in [7, 11) is 5.05. The first-order chi connectivity index (χ1) is 13.4. The van der Waals surface area contributed by atoms with Crippen molar-refractivity contribution in [1.82, 2.24) is 19.7 Å². The zero-order valence-electron chi connectivity index (χ0n) is 17.2. The van der Waals surface area contributed by atoms with Crippen molar-refractivity contribution in [2.75, 3.05) is 20.8 Å². The van der Waals surface area contributed by atoms with Crippen LogP contribution in [0.25, 0.3) is 11.0 Å². The SMILES string of the molecule is CCN(Cc1ccc(OC)c(OC)c1)C(=O)c1cc(C)nc2c1c(C)nn2C. The van der Waals surface area contributed by atoms with Crippen LogP contribution >= 0.6 is 0 Å². The van der Waals surface area contributed by atoms with E-state index in [2.05, 4.69) is 10.1 Å². The van der Waals surface area contributed by atoms with Crippen LogP contribution in [-0.2, 0) is 13.6 Å². The van der Waals surface area contributed by atoms with Gasteiger partial charge in [0.1, 0.15) is 0 Å². The van der Waals surface area contributed by atoms with Crippen molar-refractivity contribution in [3.8, 4) is 11.5 Å². The summed E-state index contributed by atoms with van der Waals surface area (Å²) in [5.74, 6) is 1.27. The standard InChI is InChI=1S/C21H26N4O3/c1-7-25(12-15-8-9-17(27-5)18(11-15)28-6)21(26)16-10-13(2)22-20-19(16)14(3)23-24(20)4/h8-11H,7,12H2,1-6H3. The second-order valence-electron chi connectivity index (χ2n) is 6.73. The monoisotopic (exact) mass is 382 g/mol. The number of benzene rings is 1. The van der Waals surface area contributed by atoms with Gasteiger partial charge in [-0.2, -0.15) is 5.10 Å². The molecule has 0 bridgehead atoms. The minimum absolute atomic E-state index is 0.0381. The molecule has 0 saturated carbocycles. The van der Waals surface area contributed by atoms with Gasteiger partial charge >= 0.3 is 0 Å². The van der Waals surface area contributed by atoms with Crippen LogP contribution < -0.4 is 9.47 Å². The highest BCUT2D eigenvalue weighted by atomic mass is 16.5. The van der Waals surface area contributed by atoms with Crippen LogP contribution in [0.4, 0.5) is 0 Å². The van der Waals surface area contributed by atoms with Crippen LogP contribution in [-0.4, -0.2) is 46.3 Å². The molecule has 28 heavy (non-hydrogen) atoms. The molecule has 0 unspecified atom stereocenters. The molecule has 3 aromatic rings. The summed E-state index contributed by atoms with van der Waals surface area (Å²) < 4.78 is 12.4. The predicted octanol–water partition coefficient (Wildman–Crippen LogP) is 3.26. The van der Waals surface area contributed by atoms with Crippen LogP contribution in [0.15, 0.2) is 24.3 Å². The molecule has 148 valence electrons. The smallest absolute Gasteiger partial charge is 0.255 e. The molecule has 0 fully saturated rings. The Morgan fingerprint density at radius 1 is 1.14 bits per heavy atom. The van der Waals surface area contributed by atoms with E-state index in [1.807, 2.05) is 57.0 Å². The number of methoxy groups -OCH3 is 2. The highest BCUT2D eigenvalue weighted by molar-refractivity contribution is 6.06. The average Bonchev–Trinajstić information content (AvgIpc) is 2.98. The Balaban J connectivity index is 1.98. The summed E-state index contributed by atoms with van der Waals surface area (Å²) >= 11 is 0. The van der Waals surface area contributed by atoms with Gasteiger partial charge in [0.25, 0.3) is 5.91 Å². The normalized spacial score (nSPS) is 10.9. The van der Waals surface area contributed by atoms with Crippen LogP contribution in [0, 0.1) is 13.8 Å². The van der Waals surface area contributed by atoms with Crippen molar-refractivity contribution >= 4 is 16.9 Å². The van der Waals surface area contributed by atoms with E-state index in [0.717, 1.165) is 28.0 Å². The lowest BCUT2D eigenvalue weighted by Gasteiger charge is -2.22. The number of amides is 1. The van der Waals surface area contributed by atoms with Gasteiger partial charge in [0.2, 0.25) is 0 Å². The van der Waals surface area contributed by atoms with Crippen molar-refractivity contribution in [3.63, 3.8) is 0 Å². The van der Waals surface area contributed by atoms with Gasteiger partial charge in [-0.3, -0.25) is 9.48 Å². The molecule has 3 rings (SSSR count). The van der Waals surface area contributed by atoms with Gasteiger partial charge in [-0.05, 0) is 44.5 Å². The molecule has 0 atom stereocenters. The number of pyridine rings is 1. The topological polar surface area (TPSA) is 69.5 Å².